The fraction of sp³-hybridized carbons (Fsp3) is 0.385. The fourth-order valence-corrected chi connectivity index (χ4v) is 1.92. The third-order valence-electron chi connectivity index (χ3n) is 2.51. The monoisotopic (exact) mass is 310 g/mol. The van der Waals surface area contributed by atoms with Crippen molar-refractivity contribution in [2.24, 2.45) is 5.92 Å². The van der Waals surface area contributed by atoms with Gasteiger partial charge >= 0.3 is 0 Å². The summed E-state index contributed by atoms with van der Waals surface area (Å²) in [6.07, 6.45) is 0. The Kier molecular flexibility index (Phi) is 5.17. The predicted octanol–water partition coefficient (Wildman–Crippen LogP) is 2.69. The summed E-state index contributed by atoms with van der Waals surface area (Å²) in [4.78, 5) is 13.7. The molecule has 0 spiro atoms. The molecule has 1 amide bonds. The SMILES string of the molecule is COc1cc(Br)ccc1C(=O)N(C)CC(C)C#N. The highest BCUT2D eigenvalue weighted by Crippen LogP contribution is 2.24. The molecule has 18 heavy (non-hydrogen) atoms. The second-order valence-electron chi connectivity index (χ2n) is 4.06. The maximum atomic E-state index is 12.2. The molecule has 0 saturated heterocycles. The molecule has 0 radical (unpaired) electrons. The van der Waals surface area contributed by atoms with Crippen LogP contribution in [0.4, 0.5) is 0 Å². The highest BCUT2D eigenvalue weighted by molar-refractivity contribution is 9.10. The van der Waals surface area contributed by atoms with Crippen molar-refractivity contribution in [1.29, 1.82) is 5.26 Å². The van der Waals surface area contributed by atoms with Crippen LogP contribution in [0.15, 0.2) is 22.7 Å². The fourth-order valence-electron chi connectivity index (χ4n) is 1.58. The van der Waals surface area contributed by atoms with E-state index in [1.807, 2.05) is 0 Å². The van der Waals surface area contributed by atoms with Crippen LogP contribution in [0.1, 0.15) is 17.3 Å². The third kappa shape index (κ3) is 3.47. The van der Waals surface area contributed by atoms with Crippen LogP contribution >= 0.6 is 15.9 Å². The minimum absolute atomic E-state index is 0.151. The second kappa shape index (κ2) is 6.41. The van der Waals surface area contributed by atoms with E-state index in [1.54, 1.807) is 32.2 Å². The van der Waals surface area contributed by atoms with Crippen LogP contribution < -0.4 is 4.74 Å². The zero-order chi connectivity index (χ0) is 13.7. The van der Waals surface area contributed by atoms with Gasteiger partial charge in [-0.15, -0.1) is 0 Å². The third-order valence-corrected chi connectivity index (χ3v) is 3.00. The minimum Gasteiger partial charge on any atom is -0.496 e. The lowest BCUT2D eigenvalue weighted by atomic mass is 10.1. The van der Waals surface area contributed by atoms with Gasteiger partial charge in [-0.05, 0) is 25.1 Å². The number of halogens is 1. The molecule has 1 atom stereocenters. The number of hydrogen-bond acceptors (Lipinski definition) is 3. The van der Waals surface area contributed by atoms with E-state index in [9.17, 15) is 4.79 Å². The summed E-state index contributed by atoms with van der Waals surface area (Å²) < 4.78 is 6.04. The number of carbonyl (C=O) groups is 1. The Morgan fingerprint density at radius 3 is 2.83 bits per heavy atom. The zero-order valence-electron chi connectivity index (χ0n) is 10.6. The van der Waals surface area contributed by atoms with Gasteiger partial charge in [0.2, 0.25) is 0 Å². The number of nitriles is 1. The molecule has 1 aromatic carbocycles. The number of hydrogen-bond donors (Lipinski definition) is 0. The average Bonchev–Trinajstić information content (AvgIpc) is 2.37. The van der Waals surface area contributed by atoms with Crippen LogP contribution in [0.3, 0.4) is 0 Å². The van der Waals surface area contributed by atoms with Crippen LogP contribution in [-0.4, -0.2) is 31.5 Å². The Balaban J connectivity index is 2.93. The van der Waals surface area contributed by atoms with E-state index in [1.165, 1.54) is 12.0 Å². The van der Waals surface area contributed by atoms with Crippen molar-refractivity contribution in [3.8, 4) is 11.8 Å². The molecule has 1 aromatic rings. The predicted molar refractivity (Wildman–Crippen MR) is 72.4 cm³/mol. The molecule has 0 aliphatic heterocycles. The van der Waals surface area contributed by atoms with E-state index < -0.39 is 0 Å². The summed E-state index contributed by atoms with van der Waals surface area (Å²) in [5, 5.41) is 8.75. The van der Waals surface area contributed by atoms with Gasteiger partial charge in [0.25, 0.3) is 5.91 Å². The van der Waals surface area contributed by atoms with Gasteiger partial charge in [0.1, 0.15) is 5.75 Å². The summed E-state index contributed by atoms with van der Waals surface area (Å²) in [7, 11) is 3.20. The van der Waals surface area contributed by atoms with E-state index in [-0.39, 0.29) is 11.8 Å². The summed E-state index contributed by atoms with van der Waals surface area (Å²) in [5.74, 6) is 0.174. The van der Waals surface area contributed by atoms with Crippen LogP contribution in [0, 0.1) is 17.2 Å². The summed E-state index contributed by atoms with van der Waals surface area (Å²) >= 11 is 3.33. The topological polar surface area (TPSA) is 53.3 Å². The quantitative estimate of drug-likeness (QED) is 0.859. The standard InChI is InChI=1S/C13H15BrN2O2/c1-9(7-15)8-16(2)13(17)11-5-4-10(14)6-12(11)18-3/h4-6,9H,8H2,1-3H3. The first-order valence-electron chi connectivity index (χ1n) is 5.48. The van der Waals surface area contributed by atoms with Gasteiger partial charge in [0.05, 0.1) is 24.7 Å². The Morgan fingerprint density at radius 1 is 1.61 bits per heavy atom. The second-order valence-corrected chi connectivity index (χ2v) is 4.98. The van der Waals surface area contributed by atoms with Crippen molar-refractivity contribution >= 4 is 21.8 Å². The highest BCUT2D eigenvalue weighted by atomic mass is 79.9. The number of rotatable bonds is 4. The molecular weight excluding hydrogens is 296 g/mol. The number of carbonyl (C=O) groups excluding carboxylic acids is 1. The number of ether oxygens (including phenoxy) is 1. The number of benzene rings is 1. The van der Waals surface area contributed by atoms with Gasteiger partial charge in [-0.2, -0.15) is 5.26 Å². The van der Waals surface area contributed by atoms with Crippen LogP contribution in [0.2, 0.25) is 0 Å². The van der Waals surface area contributed by atoms with Gasteiger partial charge in [-0.1, -0.05) is 15.9 Å². The Morgan fingerprint density at radius 2 is 2.28 bits per heavy atom. The van der Waals surface area contributed by atoms with Gasteiger partial charge in [0, 0.05) is 18.1 Å². The first kappa shape index (κ1) is 14.5. The smallest absolute Gasteiger partial charge is 0.257 e. The molecule has 0 aliphatic rings. The van der Waals surface area contributed by atoms with Crippen molar-refractivity contribution < 1.29 is 9.53 Å². The van der Waals surface area contributed by atoms with Crippen molar-refractivity contribution in [3.05, 3.63) is 28.2 Å². The minimum atomic E-state index is -0.194. The van der Waals surface area contributed by atoms with Gasteiger partial charge in [-0.25, -0.2) is 0 Å². The van der Waals surface area contributed by atoms with Gasteiger partial charge in [-0.3, -0.25) is 4.79 Å². The maximum absolute atomic E-state index is 12.2. The van der Waals surface area contributed by atoms with Gasteiger partial charge in [0.15, 0.2) is 0 Å². The largest absolute Gasteiger partial charge is 0.496 e. The lowest BCUT2D eigenvalue weighted by molar-refractivity contribution is 0.0781. The normalized spacial score (nSPS) is 11.5. The van der Waals surface area contributed by atoms with E-state index in [4.69, 9.17) is 10.00 Å². The number of amides is 1. The highest BCUT2D eigenvalue weighted by Gasteiger charge is 2.18. The van der Waals surface area contributed by atoms with Crippen LogP contribution in [0.5, 0.6) is 5.75 Å². The van der Waals surface area contributed by atoms with E-state index in [0.717, 1.165) is 4.47 Å². The molecule has 1 rings (SSSR count). The van der Waals surface area contributed by atoms with E-state index in [0.29, 0.717) is 17.9 Å². The van der Waals surface area contributed by atoms with Crippen molar-refractivity contribution in [2.75, 3.05) is 20.7 Å². The molecular formula is C13H15BrN2O2. The van der Waals surface area contributed by atoms with Crippen LogP contribution in [-0.2, 0) is 0 Å². The average molecular weight is 311 g/mol. The first-order valence-corrected chi connectivity index (χ1v) is 6.27. The molecule has 0 N–H and O–H groups in total. The molecule has 4 nitrogen and oxygen atoms in total. The summed E-state index contributed by atoms with van der Waals surface area (Å²) in [5.41, 5.74) is 0.494. The number of nitrogens with zero attached hydrogens (tertiary/aromatic N) is 2. The van der Waals surface area contributed by atoms with Crippen molar-refractivity contribution in [1.82, 2.24) is 4.90 Å². The molecule has 1 unspecified atom stereocenters. The molecule has 0 fully saturated rings. The van der Waals surface area contributed by atoms with Crippen LogP contribution in [0.25, 0.3) is 0 Å². The summed E-state index contributed by atoms with van der Waals surface area (Å²) in [6.45, 7) is 2.18. The molecule has 0 aromatic heterocycles. The molecule has 0 saturated carbocycles. The number of methoxy groups -OCH3 is 1. The lowest BCUT2D eigenvalue weighted by Gasteiger charge is -2.19. The van der Waals surface area contributed by atoms with E-state index in [2.05, 4.69) is 22.0 Å². The van der Waals surface area contributed by atoms with Gasteiger partial charge < -0.3 is 9.64 Å². The molecule has 5 heteroatoms. The van der Waals surface area contributed by atoms with Crippen molar-refractivity contribution in [2.45, 2.75) is 6.92 Å². The molecule has 0 heterocycles. The Labute approximate surface area is 115 Å². The Hall–Kier alpha value is -1.54. The van der Waals surface area contributed by atoms with Crippen molar-refractivity contribution in [3.63, 3.8) is 0 Å². The molecule has 0 bridgehead atoms. The Bertz CT molecular complexity index is 482. The summed E-state index contributed by atoms with van der Waals surface area (Å²) in [6, 6.07) is 7.35. The first-order chi connectivity index (χ1) is 8.49. The molecule has 0 aliphatic carbocycles. The molecule has 96 valence electrons. The zero-order valence-corrected chi connectivity index (χ0v) is 12.2. The lowest BCUT2D eigenvalue weighted by Crippen LogP contribution is -2.30. The maximum Gasteiger partial charge on any atom is 0.257 e. The van der Waals surface area contributed by atoms with E-state index >= 15 is 0 Å².